The maximum atomic E-state index is 12.8. The summed E-state index contributed by atoms with van der Waals surface area (Å²) in [6.45, 7) is 0. The van der Waals surface area contributed by atoms with Gasteiger partial charge in [-0.3, -0.25) is 18.7 Å². The molecule has 2 unspecified atom stereocenters. The topological polar surface area (TPSA) is 249 Å². The third-order valence-corrected chi connectivity index (χ3v) is 10.6. The second-order valence-electron chi connectivity index (χ2n) is 12.3. The minimum Gasteiger partial charge on any atom is -0.512 e. The highest BCUT2D eigenvalue weighted by molar-refractivity contribution is 7.90. The Morgan fingerprint density at radius 3 is 1.31 bits per heavy atom. The van der Waals surface area contributed by atoms with E-state index in [1.807, 2.05) is 0 Å². The number of aliphatic hydroxyl groups is 2. The average molecular weight is 747 g/mol. The molecule has 0 saturated carbocycles. The Morgan fingerprint density at radius 1 is 0.596 bits per heavy atom. The lowest BCUT2D eigenvalue weighted by Crippen LogP contribution is -2.22. The van der Waals surface area contributed by atoms with Crippen molar-refractivity contribution < 1.29 is 50.5 Å². The lowest BCUT2D eigenvalue weighted by atomic mass is 9.82. The summed E-state index contributed by atoms with van der Waals surface area (Å²) in [5.41, 5.74) is 2.98. The zero-order valence-corrected chi connectivity index (χ0v) is 28.6. The van der Waals surface area contributed by atoms with Crippen LogP contribution in [0.1, 0.15) is 46.4 Å². The van der Waals surface area contributed by atoms with Crippen LogP contribution in [-0.2, 0) is 20.2 Å². The Hall–Kier alpha value is -5.75. The van der Waals surface area contributed by atoms with Crippen molar-refractivity contribution in [3.8, 4) is 0 Å². The van der Waals surface area contributed by atoms with Crippen molar-refractivity contribution in [3.63, 3.8) is 0 Å². The molecule has 2 aromatic rings. The van der Waals surface area contributed by atoms with E-state index in [2.05, 4.69) is 20.6 Å². The van der Waals surface area contributed by atoms with E-state index in [0.717, 1.165) is 0 Å². The molecule has 6 rings (SSSR count). The van der Waals surface area contributed by atoms with Crippen LogP contribution in [0.5, 0.6) is 0 Å². The van der Waals surface area contributed by atoms with Crippen LogP contribution in [-0.4, -0.2) is 65.4 Å². The van der Waals surface area contributed by atoms with E-state index in [1.165, 1.54) is 85.0 Å². The number of amides is 4. The van der Waals surface area contributed by atoms with Gasteiger partial charge in [-0.15, -0.1) is 0 Å². The van der Waals surface area contributed by atoms with E-state index >= 15 is 0 Å². The van der Waals surface area contributed by atoms with Crippen LogP contribution in [0.3, 0.4) is 0 Å². The normalized spacial score (nSPS) is 21.7. The molecule has 0 saturated heterocycles. The van der Waals surface area contributed by atoms with Gasteiger partial charge >= 0.3 is 6.03 Å². The first kappa shape index (κ1) is 36.1. The third kappa shape index (κ3) is 8.24. The number of rotatable bonds is 6. The molecule has 0 radical (unpaired) electrons. The highest BCUT2D eigenvalue weighted by Crippen LogP contribution is 2.38. The molecule has 0 fully saturated rings. The third-order valence-electron chi connectivity index (χ3n) is 8.72. The van der Waals surface area contributed by atoms with Crippen molar-refractivity contribution >= 4 is 60.9 Å². The van der Waals surface area contributed by atoms with Crippen molar-refractivity contribution in [1.29, 1.82) is 0 Å². The number of fused-ring (bicyclic) bond motifs is 2. The second-order valence-corrected chi connectivity index (χ2v) is 15.2. The number of hydrogen-bond acceptors (Lipinski definition) is 9. The molecular formula is C35H30N4O11S2. The minimum atomic E-state index is -4.39. The van der Waals surface area contributed by atoms with E-state index in [-0.39, 0.29) is 69.6 Å². The maximum absolute atomic E-state index is 12.8. The van der Waals surface area contributed by atoms with Crippen LogP contribution in [0.2, 0.25) is 0 Å². The molecule has 0 heterocycles. The molecule has 0 bridgehead atoms. The lowest BCUT2D eigenvalue weighted by molar-refractivity contribution is 0.0994. The molecule has 4 aliphatic rings. The van der Waals surface area contributed by atoms with Gasteiger partial charge in [0.15, 0.2) is 0 Å². The Kier molecular flexibility index (Phi) is 9.78. The Morgan fingerprint density at radius 2 is 0.962 bits per heavy atom. The molecule has 268 valence electrons. The molecule has 6 N–H and O–H groups in total. The van der Waals surface area contributed by atoms with Gasteiger partial charge < -0.3 is 20.8 Å². The predicted octanol–water partition coefficient (Wildman–Crippen LogP) is 5.62. The summed E-state index contributed by atoms with van der Waals surface area (Å²) in [4.78, 5) is 46.0. The molecule has 52 heavy (non-hydrogen) atoms. The van der Waals surface area contributed by atoms with Gasteiger partial charge in [0, 0.05) is 47.2 Å². The summed E-state index contributed by atoms with van der Waals surface area (Å²) in [5, 5.41) is 26.2. The van der Waals surface area contributed by atoms with E-state index in [0.29, 0.717) is 22.5 Å². The molecule has 4 amide bonds. The van der Waals surface area contributed by atoms with Crippen molar-refractivity contribution in [3.05, 3.63) is 129 Å². The van der Waals surface area contributed by atoms with Gasteiger partial charge in [0.05, 0.1) is 21.2 Å². The van der Waals surface area contributed by atoms with E-state index in [1.54, 1.807) is 0 Å². The number of allylic oxidation sites excluding steroid dienone is 10. The molecule has 0 aromatic heterocycles. The van der Waals surface area contributed by atoms with Gasteiger partial charge in [-0.05, 0) is 85.7 Å². The van der Waals surface area contributed by atoms with Crippen LogP contribution in [0.15, 0.2) is 127 Å². The van der Waals surface area contributed by atoms with Gasteiger partial charge in [0.1, 0.15) is 11.5 Å². The van der Waals surface area contributed by atoms with E-state index in [9.17, 15) is 50.5 Å². The number of carbonyl (C=O) groups is 3. The van der Waals surface area contributed by atoms with Crippen LogP contribution >= 0.6 is 0 Å². The molecule has 0 aliphatic heterocycles. The number of anilines is 2. The number of urea groups is 1. The summed E-state index contributed by atoms with van der Waals surface area (Å²) in [5.74, 6) is -2.82. The van der Waals surface area contributed by atoms with Gasteiger partial charge in [-0.1, -0.05) is 23.3 Å². The highest BCUT2D eigenvalue weighted by Gasteiger charge is 2.33. The second kappa shape index (κ2) is 14.1. The van der Waals surface area contributed by atoms with Gasteiger partial charge in [-0.25, -0.2) is 14.8 Å². The van der Waals surface area contributed by atoms with Crippen LogP contribution in [0.25, 0.3) is 0 Å². The first-order valence-corrected chi connectivity index (χ1v) is 18.5. The van der Waals surface area contributed by atoms with Crippen molar-refractivity contribution in [2.45, 2.75) is 25.7 Å². The number of carbonyl (C=O) groups excluding carboxylic acids is 3. The zero-order chi connectivity index (χ0) is 37.4. The average Bonchev–Trinajstić information content (AvgIpc) is 3.07. The summed E-state index contributed by atoms with van der Waals surface area (Å²) < 4.78 is 64.5. The number of nitrogens with one attached hydrogen (secondary N) is 2. The fraction of sp³-hybridized carbons (Fsp3) is 0.171. The molecule has 2 atom stereocenters. The number of aliphatic imine (C=N–C) groups is 2. The maximum Gasteiger partial charge on any atom is 0.323 e. The Bertz CT molecular complexity index is 2200. The van der Waals surface area contributed by atoms with Gasteiger partial charge in [0.2, 0.25) is 0 Å². The number of aliphatic hydroxyl groups excluding tert-OH is 2. The Labute approximate surface area is 297 Å². The summed E-state index contributed by atoms with van der Waals surface area (Å²) in [6.07, 6.45) is 8.28. The first-order valence-electron chi connectivity index (χ1n) is 15.6. The van der Waals surface area contributed by atoms with Gasteiger partial charge in [0.25, 0.3) is 32.1 Å². The SMILES string of the molecule is O=C(Nc1ccc(C(=O)N=C2C=C(O)C3CC(S(=O)(=O)O)=CC=C3C2)cc1)Nc1ccc(C(=O)N=C2C=C(O)C3CC(S(=O)(=O)O)=CC=C3C2)cc1. The molecule has 0 spiro atoms. The molecule has 4 aliphatic carbocycles. The standard InChI is InChI=1S/C35H30N4O11S2/c40-31-15-25(13-21-5-11-27(17-29(21)31)51(45,46)47)36-33(42)19-1-7-23(8-2-19)38-35(44)39-24-9-3-20(4-10-24)34(43)37-26-14-22-6-12-28(52(48,49)50)18-30(22)32(41)16-26/h1-12,15-16,29-30,40-41H,13-14,17-18H2,(H2,38,39,44)(H,45,46,47)(H,48,49,50). The fourth-order valence-corrected chi connectivity index (χ4v) is 7.29. The molecule has 2 aromatic carbocycles. The van der Waals surface area contributed by atoms with Crippen LogP contribution in [0.4, 0.5) is 16.2 Å². The van der Waals surface area contributed by atoms with Crippen molar-refractivity contribution in [1.82, 2.24) is 0 Å². The molecule has 15 nitrogen and oxygen atoms in total. The quantitative estimate of drug-likeness (QED) is 0.198. The van der Waals surface area contributed by atoms with E-state index < -0.39 is 49.9 Å². The fourth-order valence-electron chi connectivity index (χ4n) is 6.05. The molecular weight excluding hydrogens is 717 g/mol. The summed E-state index contributed by atoms with van der Waals surface area (Å²) in [6, 6.07) is 11.2. The smallest absolute Gasteiger partial charge is 0.323 e. The van der Waals surface area contributed by atoms with Crippen LogP contribution < -0.4 is 10.6 Å². The summed E-state index contributed by atoms with van der Waals surface area (Å²) >= 11 is 0. The minimum absolute atomic E-state index is 0.102. The monoisotopic (exact) mass is 746 g/mol. The summed E-state index contributed by atoms with van der Waals surface area (Å²) in [7, 11) is -8.78. The number of hydrogen-bond donors (Lipinski definition) is 6. The largest absolute Gasteiger partial charge is 0.512 e. The van der Waals surface area contributed by atoms with E-state index in [4.69, 9.17) is 0 Å². The Balaban J connectivity index is 1.03. The van der Waals surface area contributed by atoms with Crippen LogP contribution in [0, 0.1) is 11.8 Å². The zero-order valence-electron chi connectivity index (χ0n) is 26.9. The number of benzene rings is 2. The molecule has 17 heteroatoms. The lowest BCUT2D eigenvalue weighted by Gasteiger charge is -2.27. The first-order chi connectivity index (χ1) is 24.5. The number of nitrogens with zero attached hydrogens (tertiary/aromatic N) is 2. The van der Waals surface area contributed by atoms with Gasteiger partial charge in [-0.2, -0.15) is 16.8 Å². The van der Waals surface area contributed by atoms with Crippen molar-refractivity contribution in [2.75, 3.05) is 10.6 Å². The highest BCUT2D eigenvalue weighted by atomic mass is 32.2. The predicted molar refractivity (Wildman–Crippen MR) is 191 cm³/mol. The van der Waals surface area contributed by atoms with Crippen molar-refractivity contribution in [2.24, 2.45) is 21.8 Å².